The Bertz CT molecular complexity index is 1390. The average molecular weight is 616 g/mol. The normalized spacial score (nSPS) is 25.7. The zero-order chi connectivity index (χ0) is 31.7. The van der Waals surface area contributed by atoms with E-state index in [-0.39, 0.29) is 34.8 Å². The van der Waals surface area contributed by atoms with Crippen LogP contribution >= 0.6 is 0 Å². The van der Waals surface area contributed by atoms with E-state index in [1.807, 2.05) is 13.0 Å². The van der Waals surface area contributed by atoms with Crippen molar-refractivity contribution in [3.8, 4) is 5.75 Å². The molecule has 11 heteroatoms. The van der Waals surface area contributed by atoms with Crippen LogP contribution in [0.4, 0.5) is 30.7 Å². The zero-order valence-corrected chi connectivity index (χ0v) is 24.7. The summed E-state index contributed by atoms with van der Waals surface area (Å²) in [5.74, 6) is 0.0449. The van der Waals surface area contributed by atoms with E-state index in [0.717, 1.165) is 36.0 Å². The van der Waals surface area contributed by atoms with Gasteiger partial charge in [-0.1, -0.05) is 26.3 Å². The molecule has 3 aliphatic rings. The van der Waals surface area contributed by atoms with Gasteiger partial charge in [-0.05, 0) is 90.8 Å². The Balaban J connectivity index is 1.53. The van der Waals surface area contributed by atoms with Gasteiger partial charge in [-0.25, -0.2) is 9.29 Å². The fraction of sp³-hybridized carbons (Fsp3) is 0.562. The molecule has 0 bridgehead atoms. The lowest BCUT2D eigenvalue weighted by atomic mass is 9.72. The van der Waals surface area contributed by atoms with Crippen molar-refractivity contribution in [1.29, 1.82) is 0 Å². The molecule has 1 N–H and O–H groups in total. The maximum Gasteiger partial charge on any atom is 0.416 e. The molecule has 0 spiro atoms. The molecule has 3 atom stereocenters. The molecular formula is C32H36F7NO3. The summed E-state index contributed by atoms with van der Waals surface area (Å²) in [6, 6.07) is 3.84. The number of halogens is 7. The Kier molecular flexibility index (Phi) is 7.96. The van der Waals surface area contributed by atoms with Crippen molar-refractivity contribution < 1.29 is 45.3 Å². The van der Waals surface area contributed by atoms with Gasteiger partial charge in [-0.2, -0.15) is 26.3 Å². The van der Waals surface area contributed by atoms with E-state index in [9.17, 15) is 31.4 Å². The third kappa shape index (κ3) is 6.31. The molecule has 2 aromatic carbocycles. The van der Waals surface area contributed by atoms with Crippen LogP contribution < -0.4 is 4.74 Å². The van der Waals surface area contributed by atoms with Crippen LogP contribution in [0.15, 0.2) is 35.9 Å². The molecule has 0 radical (unpaired) electrons. The van der Waals surface area contributed by atoms with Gasteiger partial charge in [0.2, 0.25) is 6.41 Å². The number of hydrogen-bond acceptors (Lipinski definition) is 4. The second kappa shape index (κ2) is 10.8. The van der Waals surface area contributed by atoms with Gasteiger partial charge in [-0.3, -0.25) is 0 Å². The van der Waals surface area contributed by atoms with Gasteiger partial charge in [-0.15, -0.1) is 0 Å². The first-order valence-corrected chi connectivity index (χ1v) is 14.3. The molecule has 236 valence electrons. The smallest absolute Gasteiger partial charge is 0.416 e. The maximum atomic E-state index is 15.1. The monoisotopic (exact) mass is 615 g/mol. The van der Waals surface area contributed by atoms with Crippen LogP contribution in [-0.2, 0) is 22.5 Å². The summed E-state index contributed by atoms with van der Waals surface area (Å²) in [5, 5.41) is 10.9. The highest BCUT2D eigenvalue weighted by Crippen LogP contribution is 2.52. The van der Waals surface area contributed by atoms with Crippen LogP contribution in [0, 0.1) is 11.2 Å². The molecule has 0 aromatic heterocycles. The number of hydrogen-bond donors (Lipinski definition) is 1. The van der Waals surface area contributed by atoms with Crippen molar-refractivity contribution in [2.45, 2.75) is 96.1 Å². The highest BCUT2D eigenvalue weighted by molar-refractivity contribution is 5.75. The Labute approximate surface area is 246 Å². The summed E-state index contributed by atoms with van der Waals surface area (Å²) >= 11 is 0. The maximum absolute atomic E-state index is 15.1. The summed E-state index contributed by atoms with van der Waals surface area (Å²) in [6.07, 6.45) is -9.00. The van der Waals surface area contributed by atoms with Crippen molar-refractivity contribution >= 4 is 5.57 Å². The number of rotatable bonds is 6. The molecule has 1 saturated heterocycles. The summed E-state index contributed by atoms with van der Waals surface area (Å²) in [5.41, 5.74) is -0.350. The van der Waals surface area contributed by atoms with Gasteiger partial charge in [0, 0.05) is 24.2 Å². The zero-order valence-electron chi connectivity index (χ0n) is 24.7. The Morgan fingerprint density at radius 2 is 1.56 bits per heavy atom. The Morgan fingerprint density at radius 3 is 2.09 bits per heavy atom. The SMILES string of the molecule is COc1cc(F)c(C2(C)CC2)cc1C1=C(CN2C(O)O[C@H](c3cc(C(F)(F)F)cc(C(F)(F)F)c3)[C@@H]2C)CC(C)(C)CC1. The lowest BCUT2D eigenvalue weighted by molar-refractivity contribution is -0.150. The van der Waals surface area contributed by atoms with Crippen molar-refractivity contribution in [2.24, 2.45) is 5.41 Å². The van der Waals surface area contributed by atoms with Gasteiger partial charge < -0.3 is 14.6 Å². The number of allylic oxidation sites excluding steroid dienone is 1. The number of ether oxygens (including phenoxy) is 2. The molecule has 2 aliphatic carbocycles. The average Bonchev–Trinajstić information content (AvgIpc) is 3.59. The minimum atomic E-state index is -5.01. The first-order valence-electron chi connectivity index (χ1n) is 14.3. The summed E-state index contributed by atoms with van der Waals surface area (Å²) in [4.78, 5) is 1.54. The summed E-state index contributed by atoms with van der Waals surface area (Å²) in [7, 11) is 1.47. The molecule has 43 heavy (non-hydrogen) atoms. The number of alkyl halides is 6. The largest absolute Gasteiger partial charge is 0.496 e. The molecule has 1 aliphatic heterocycles. The fourth-order valence-electron chi connectivity index (χ4n) is 6.41. The predicted octanol–water partition coefficient (Wildman–Crippen LogP) is 8.63. The van der Waals surface area contributed by atoms with Crippen LogP contribution in [0.1, 0.15) is 93.7 Å². The van der Waals surface area contributed by atoms with E-state index < -0.39 is 42.0 Å². The second-order valence-electron chi connectivity index (χ2n) is 13.2. The van der Waals surface area contributed by atoms with Gasteiger partial charge in [0.15, 0.2) is 0 Å². The van der Waals surface area contributed by atoms with E-state index >= 15 is 4.39 Å². The van der Waals surface area contributed by atoms with E-state index in [2.05, 4.69) is 13.8 Å². The first-order chi connectivity index (χ1) is 19.8. The molecule has 0 amide bonds. The van der Waals surface area contributed by atoms with E-state index in [1.54, 1.807) is 6.92 Å². The molecule has 4 nitrogen and oxygen atoms in total. The highest BCUT2D eigenvalue weighted by atomic mass is 19.4. The van der Waals surface area contributed by atoms with Crippen molar-refractivity contribution in [2.75, 3.05) is 13.7 Å². The molecular weight excluding hydrogens is 579 g/mol. The van der Waals surface area contributed by atoms with E-state index in [0.29, 0.717) is 36.3 Å². The van der Waals surface area contributed by atoms with Gasteiger partial charge in [0.05, 0.1) is 18.2 Å². The third-order valence-electron chi connectivity index (χ3n) is 9.26. The van der Waals surface area contributed by atoms with Crippen molar-refractivity contribution in [3.63, 3.8) is 0 Å². The number of methoxy groups -OCH3 is 1. The van der Waals surface area contributed by atoms with Crippen LogP contribution in [0.25, 0.3) is 5.57 Å². The fourth-order valence-corrected chi connectivity index (χ4v) is 6.41. The minimum absolute atomic E-state index is 0.0743. The van der Waals surface area contributed by atoms with Gasteiger partial charge in [0.25, 0.3) is 0 Å². The van der Waals surface area contributed by atoms with E-state index in [1.165, 1.54) is 18.1 Å². The summed E-state index contributed by atoms with van der Waals surface area (Å²) < 4.78 is 108. The predicted molar refractivity (Wildman–Crippen MR) is 147 cm³/mol. The number of nitrogens with zero attached hydrogens (tertiary/aromatic N) is 1. The molecule has 1 heterocycles. The molecule has 2 fully saturated rings. The van der Waals surface area contributed by atoms with Gasteiger partial charge >= 0.3 is 12.4 Å². The van der Waals surface area contributed by atoms with Crippen LogP contribution in [0.3, 0.4) is 0 Å². The molecule has 5 rings (SSSR count). The van der Waals surface area contributed by atoms with Gasteiger partial charge in [0.1, 0.15) is 17.7 Å². The van der Waals surface area contributed by atoms with Crippen LogP contribution in [0.5, 0.6) is 5.75 Å². The molecule has 1 unspecified atom stereocenters. The second-order valence-corrected chi connectivity index (χ2v) is 13.2. The lowest BCUT2D eigenvalue weighted by Gasteiger charge is -2.36. The Morgan fingerprint density at radius 1 is 0.953 bits per heavy atom. The highest BCUT2D eigenvalue weighted by Gasteiger charge is 2.45. The quantitative estimate of drug-likeness (QED) is 0.331. The number of aliphatic hydroxyl groups is 1. The van der Waals surface area contributed by atoms with Crippen molar-refractivity contribution in [3.05, 3.63) is 69.5 Å². The minimum Gasteiger partial charge on any atom is -0.496 e. The molecule has 1 saturated carbocycles. The lowest BCUT2D eigenvalue weighted by Crippen LogP contribution is -2.38. The summed E-state index contributed by atoms with van der Waals surface area (Å²) in [6.45, 7) is 7.97. The molecule has 2 aromatic rings. The Hall–Kier alpha value is -2.63. The van der Waals surface area contributed by atoms with Crippen LogP contribution in [-0.4, -0.2) is 36.1 Å². The first kappa shape index (κ1) is 31.8. The number of aliphatic hydroxyl groups excluding tert-OH is 1. The van der Waals surface area contributed by atoms with E-state index in [4.69, 9.17) is 9.47 Å². The topological polar surface area (TPSA) is 41.9 Å². The number of benzene rings is 2. The standard InChI is InChI=1S/C32H36F7NO3/c1-17-27(18-10-20(31(34,35)36)12-21(11-18)32(37,38)39)43-28(41)40(17)16-19-15-29(2,3)7-6-22(19)23-13-24(30(4)8-9-30)25(33)14-26(23)42-5/h10-14,17,27-28,41H,6-9,15-16H2,1-5H3/t17-,27-,28?/m0/s1. The van der Waals surface area contributed by atoms with Crippen LogP contribution in [0.2, 0.25) is 0 Å². The van der Waals surface area contributed by atoms with Crippen molar-refractivity contribution in [1.82, 2.24) is 4.90 Å². The third-order valence-corrected chi connectivity index (χ3v) is 9.26.